The van der Waals surface area contributed by atoms with Crippen LogP contribution in [0.5, 0.6) is 0 Å². The molecule has 0 atom stereocenters. The maximum Gasteiger partial charge on any atom is 0.265 e. The number of thiophene rings is 1. The van der Waals surface area contributed by atoms with Gasteiger partial charge in [-0.1, -0.05) is 0 Å². The molecule has 0 amide bonds. The Hall–Kier alpha value is -0.440. The number of hydrogen-bond donors (Lipinski definition) is 0. The lowest BCUT2D eigenvalue weighted by Crippen LogP contribution is -1.74. The third-order valence-electron chi connectivity index (χ3n) is 0.728. The van der Waals surface area contributed by atoms with Crippen molar-refractivity contribution in [2.24, 2.45) is 0 Å². The minimum absolute atomic E-state index is 0.00463. The fraction of sp³-hybridized carbons (Fsp3) is 0.200. The lowest BCUT2D eigenvalue weighted by atomic mass is 10.4. The molecule has 1 rings (SSSR count). The summed E-state index contributed by atoms with van der Waals surface area (Å²) < 4.78 is 23.2. The fourth-order valence-corrected chi connectivity index (χ4v) is 0.937. The summed E-state index contributed by atoms with van der Waals surface area (Å²) in [5.74, 6) is 0. The van der Waals surface area contributed by atoms with E-state index in [9.17, 15) is 8.78 Å². The normalized spacial score (nSPS) is 10.4. The Bertz CT molecular complexity index is 145. The van der Waals surface area contributed by atoms with Crippen LogP contribution in [0.25, 0.3) is 0 Å². The summed E-state index contributed by atoms with van der Waals surface area (Å²) in [6, 6.07) is 1.37. The minimum Gasteiger partial charge on any atom is -0.205 e. The summed E-state index contributed by atoms with van der Waals surface area (Å²) in [4.78, 5) is 0. The second-order valence-corrected chi connectivity index (χ2v) is 1.99. The predicted molar refractivity (Wildman–Crippen MR) is 28.1 cm³/mol. The van der Waals surface area contributed by atoms with Gasteiger partial charge < -0.3 is 0 Å². The molecule has 1 heterocycles. The molecule has 0 aliphatic heterocycles. The van der Waals surface area contributed by atoms with Crippen LogP contribution in [0, 0.1) is 5.38 Å². The first-order valence-corrected chi connectivity index (χ1v) is 2.92. The van der Waals surface area contributed by atoms with Crippen molar-refractivity contribution < 1.29 is 8.78 Å². The van der Waals surface area contributed by atoms with Crippen LogP contribution in [0.4, 0.5) is 8.78 Å². The SMILES string of the molecule is FC(F)c1[c]scc1. The molecule has 0 bridgehead atoms. The average molecular weight is 133 g/mol. The van der Waals surface area contributed by atoms with E-state index in [2.05, 4.69) is 5.38 Å². The van der Waals surface area contributed by atoms with Crippen molar-refractivity contribution in [3.8, 4) is 0 Å². The molecule has 43 valence electrons. The molecule has 0 aromatic carbocycles. The Morgan fingerprint density at radius 3 is 2.62 bits per heavy atom. The number of alkyl halides is 2. The highest BCUT2D eigenvalue weighted by Gasteiger charge is 2.05. The zero-order valence-corrected chi connectivity index (χ0v) is 4.71. The number of rotatable bonds is 1. The van der Waals surface area contributed by atoms with Crippen LogP contribution >= 0.6 is 11.3 Å². The van der Waals surface area contributed by atoms with Gasteiger partial charge in [0, 0.05) is 5.56 Å². The number of halogens is 2. The molecule has 0 N–H and O–H groups in total. The van der Waals surface area contributed by atoms with E-state index in [1.54, 1.807) is 5.38 Å². The van der Waals surface area contributed by atoms with Gasteiger partial charge in [0.1, 0.15) is 0 Å². The highest BCUT2D eigenvalue weighted by molar-refractivity contribution is 7.07. The quantitative estimate of drug-likeness (QED) is 0.552. The summed E-state index contributed by atoms with van der Waals surface area (Å²) in [7, 11) is 0. The van der Waals surface area contributed by atoms with Gasteiger partial charge in [0.25, 0.3) is 6.43 Å². The van der Waals surface area contributed by atoms with Crippen LogP contribution in [0.15, 0.2) is 11.4 Å². The molecule has 0 saturated carbocycles. The van der Waals surface area contributed by atoms with Gasteiger partial charge in [0.15, 0.2) is 0 Å². The molecule has 3 heteroatoms. The Morgan fingerprint density at radius 1 is 1.62 bits per heavy atom. The van der Waals surface area contributed by atoms with Gasteiger partial charge in [-0.25, -0.2) is 8.78 Å². The van der Waals surface area contributed by atoms with Crippen LogP contribution in [0.1, 0.15) is 12.0 Å². The molecule has 0 aliphatic rings. The fourth-order valence-electron chi connectivity index (χ4n) is 0.361. The Morgan fingerprint density at radius 2 is 2.38 bits per heavy atom. The van der Waals surface area contributed by atoms with Crippen LogP contribution in [-0.2, 0) is 0 Å². The lowest BCUT2D eigenvalue weighted by molar-refractivity contribution is 0.151. The molecule has 0 nitrogen and oxygen atoms in total. The van der Waals surface area contributed by atoms with Crippen LogP contribution in [0.2, 0.25) is 0 Å². The Labute approximate surface area is 49.8 Å². The van der Waals surface area contributed by atoms with E-state index >= 15 is 0 Å². The molecule has 0 unspecified atom stereocenters. The van der Waals surface area contributed by atoms with Gasteiger partial charge in [-0.05, 0) is 11.4 Å². The molecule has 0 spiro atoms. The summed E-state index contributed by atoms with van der Waals surface area (Å²) in [5.41, 5.74) is -0.00463. The third-order valence-corrected chi connectivity index (χ3v) is 1.35. The summed E-state index contributed by atoms with van der Waals surface area (Å²) in [5, 5.41) is 4.01. The maximum atomic E-state index is 11.6. The smallest absolute Gasteiger partial charge is 0.205 e. The first-order chi connectivity index (χ1) is 3.80. The minimum atomic E-state index is -2.36. The van der Waals surface area contributed by atoms with E-state index in [1.165, 1.54) is 6.07 Å². The summed E-state index contributed by atoms with van der Waals surface area (Å²) >= 11 is 1.16. The van der Waals surface area contributed by atoms with Crippen molar-refractivity contribution in [1.29, 1.82) is 0 Å². The van der Waals surface area contributed by atoms with Crippen molar-refractivity contribution in [3.05, 3.63) is 22.4 Å². The molecule has 8 heavy (non-hydrogen) atoms. The molecule has 1 radical (unpaired) electrons. The van der Waals surface area contributed by atoms with E-state index < -0.39 is 6.43 Å². The van der Waals surface area contributed by atoms with Gasteiger partial charge >= 0.3 is 0 Å². The predicted octanol–water partition coefficient (Wildman–Crippen LogP) is 2.49. The Balaban J connectivity index is 2.77. The topological polar surface area (TPSA) is 0 Å². The van der Waals surface area contributed by atoms with Gasteiger partial charge in [-0.3, -0.25) is 0 Å². The molecule has 1 aromatic rings. The first-order valence-electron chi connectivity index (χ1n) is 2.04. The van der Waals surface area contributed by atoms with Crippen molar-refractivity contribution >= 4 is 11.3 Å². The van der Waals surface area contributed by atoms with Gasteiger partial charge in [-0.15, -0.1) is 11.3 Å². The monoisotopic (exact) mass is 133 g/mol. The van der Waals surface area contributed by atoms with Crippen molar-refractivity contribution in [2.45, 2.75) is 6.43 Å². The molecular weight excluding hydrogens is 130 g/mol. The van der Waals surface area contributed by atoms with E-state index in [0.29, 0.717) is 0 Å². The summed E-state index contributed by atoms with van der Waals surface area (Å²) in [6.07, 6.45) is -2.36. The molecule has 0 aliphatic carbocycles. The zero-order chi connectivity index (χ0) is 5.98. The highest BCUT2D eigenvalue weighted by atomic mass is 32.1. The largest absolute Gasteiger partial charge is 0.265 e. The van der Waals surface area contributed by atoms with Gasteiger partial charge in [0.05, 0.1) is 5.38 Å². The zero-order valence-electron chi connectivity index (χ0n) is 3.90. The molecule has 0 saturated heterocycles. The van der Waals surface area contributed by atoms with Crippen molar-refractivity contribution in [2.75, 3.05) is 0 Å². The maximum absolute atomic E-state index is 11.6. The van der Waals surface area contributed by atoms with Crippen molar-refractivity contribution in [1.82, 2.24) is 0 Å². The summed E-state index contributed by atoms with van der Waals surface area (Å²) in [6.45, 7) is 0. The van der Waals surface area contributed by atoms with Gasteiger partial charge in [-0.2, -0.15) is 0 Å². The van der Waals surface area contributed by atoms with E-state index in [-0.39, 0.29) is 5.56 Å². The van der Waals surface area contributed by atoms with E-state index in [4.69, 9.17) is 0 Å². The lowest BCUT2D eigenvalue weighted by Gasteiger charge is -1.87. The highest BCUT2D eigenvalue weighted by Crippen LogP contribution is 2.19. The van der Waals surface area contributed by atoms with Crippen LogP contribution in [-0.4, -0.2) is 0 Å². The third kappa shape index (κ3) is 1.04. The van der Waals surface area contributed by atoms with Gasteiger partial charge in [0.2, 0.25) is 0 Å². The molecule has 0 fully saturated rings. The van der Waals surface area contributed by atoms with Crippen LogP contribution < -0.4 is 0 Å². The second-order valence-electron chi connectivity index (χ2n) is 1.28. The Kier molecular flexibility index (Phi) is 1.58. The van der Waals surface area contributed by atoms with E-state index in [0.717, 1.165) is 11.3 Å². The van der Waals surface area contributed by atoms with Crippen LogP contribution in [0.3, 0.4) is 0 Å². The second kappa shape index (κ2) is 2.22. The number of hydrogen-bond acceptors (Lipinski definition) is 1. The van der Waals surface area contributed by atoms with Crippen molar-refractivity contribution in [3.63, 3.8) is 0 Å². The standard InChI is InChI=1S/C5H3F2S/c6-5(7)4-1-2-8-3-4/h1-2,5H. The molecular formula is C5H3F2S. The molecule has 1 aromatic heterocycles. The van der Waals surface area contributed by atoms with E-state index in [1.807, 2.05) is 0 Å². The average Bonchev–Trinajstić information content (AvgIpc) is 2.12. The first kappa shape index (κ1) is 5.69.